The molecule has 1 aromatic heterocycles. The average molecular weight is 320 g/mol. The topological polar surface area (TPSA) is 43.3 Å². The molecule has 0 unspecified atom stereocenters. The van der Waals surface area contributed by atoms with Gasteiger partial charge < -0.3 is 14.6 Å². The third kappa shape index (κ3) is 3.18. The maximum absolute atomic E-state index is 12.3. The summed E-state index contributed by atoms with van der Waals surface area (Å²) in [7, 11) is 1.58. The fraction of sp³-hybridized carbons (Fsp3) is 0.150. The van der Waals surface area contributed by atoms with E-state index in [1.165, 1.54) is 11.4 Å². The molecule has 1 amide bonds. The van der Waals surface area contributed by atoms with Crippen LogP contribution < -0.4 is 10.1 Å². The number of benzene rings is 2. The van der Waals surface area contributed by atoms with Crippen LogP contribution in [0, 0.1) is 13.8 Å². The average Bonchev–Trinajstić information content (AvgIpc) is 2.94. The fourth-order valence-electron chi connectivity index (χ4n) is 2.74. The lowest BCUT2D eigenvalue weighted by molar-refractivity contribution is 0.102. The highest BCUT2D eigenvalue weighted by Gasteiger charge is 2.08. The Hall–Kier alpha value is -3.01. The van der Waals surface area contributed by atoms with Crippen molar-refractivity contribution in [3.63, 3.8) is 0 Å². The van der Waals surface area contributed by atoms with Gasteiger partial charge in [-0.15, -0.1) is 0 Å². The van der Waals surface area contributed by atoms with Crippen LogP contribution in [0.5, 0.6) is 5.75 Å². The molecule has 4 heteroatoms. The fourth-order valence-corrected chi connectivity index (χ4v) is 2.74. The van der Waals surface area contributed by atoms with Gasteiger partial charge in [0.15, 0.2) is 0 Å². The van der Waals surface area contributed by atoms with E-state index in [2.05, 4.69) is 35.9 Å². The molecule has 1 heterocycles. The van der Waals surface area contributed by atoms with E-state index >= 15 is 0 Å². The number of carbonyl (C=O) groups excluding carboxylic acids is 1. The van der Waals surface area contributed by atoms with Crippen molar-refractivity contribution in [2.24, 2.45) is 0 Å². The van der Waals surface area contributed by atoms with Gasteiger partial charge in [0.2, 0.25) is 0 Å². The highest BCUT2D eigenvalue weighted by atomic mass is 16.5. The van der Waals surface area contributed by atoms with Crippen molar-refractivity contribution in [2.75, 3.05) is 12.4 Å². The van der Waals surface area contributed by atoms with Gasteiger partial charge in [-0.2, -0.15) is 0 Å². The van der Waals surface area contributed by atoms with E-state index in [1.54, 1.807) is 25.3 Å². The van der Waals surface area contributed by atoms with E-state index in [1.807, 2.05) is 30.3 Å². The lowest BCUT2D eigenvalue weighted by Gasteiger charge is -2.11. The summed E-state index contributed by atoms with van der Waals surface area (Å²) < 4.78 is 7.33. The van der Waals surface area contributed by atoms with Crippen molar-refractivity contribution in [2.45, 2.75) is 13.8 Å². The Bertz CT molecular complexity index is 844. The molecule has 3 aromatic rings. The van der Waals surface area contributed by atoms with Gasteiger partial charge in [0.25, 0.3) is 5.91 Å². The predicted molar refractivity (Wildman–Crippen MR) is 96.2 cm³/mol. The van der Waals surface area contributed by atoms with Crippen LogP contribution in [0.25, 0.3) is 5.69 Å². The number of hydrogen-bond acceptors (Lipinski definition) is 2. The van der Waals surface area contributed by atoms with Crippen LogP contribution in [-0.2, 0) is 0 Å². The number of aryl methyl sites for hydroxylation is 2. The molecule has 122 valence electrons. The number of anilines is 1. The molecule has 2 aromatic carbocycles. The van der Waals surface area contributed by atoms with Gasteiger partial charge in [0.05, 0.1) is 7.11 Å². The van der Waals surface area contributed by atoms with Gasteiger partial charge in [-0.1, -0.05) is 6.07 Å². The Balaban J connectivity index is 1.78. The summed E-state index contributed by atoms with van der Waals surface area (Å²) >= 11 is 0. The van der Waals surface area contributed by atoms with Gasteiger partial charge in [-0.05, 0) is 68.4 Å². The molecule has 0 fully saturated rings. The molecule has 0 aliphatic rings. The first kappa shape index (κ1) is 15.9. The standard InChI is InChI=1S/C20H20N2O2/c1-14-7-8-15(2)22(14)18-11-9-17(10-12-18)21-20(23)16-5-4-6-19(13-16)24-3/h4-13H,1-3H3,(H,21,23). The molecule has 0 radical (unpaired) electrons. The number of hydrogen-bond donors (Lipinski definition) is 1. The van der Waals surface area contributed by atoms with Crippen molar-refractivity contribution in [1.82, 2.24) is 4.57 Å². The molecule has 0 aliphatic carbocycles. The van der Waals surface area contributed by atoms with Crippen LogP contribution in [0.1, 0.15) is 21.7 Å². The van der Waals surface area contributed by atoms with E-state index in [-0.39, 0.29) is 5.91 Å². The highest BCUT2D eigenvalue weighted by Crippen LogP contribution is 2.19. The normalized spacial score (nSPS) is 10.5. The summed E-state index contributed by atoms with van der Waals surface area (Å²) in [5.41, 5.74) is 4.76. The van der Waals surface area contributed by atoms with Crippen LogP contribution in [0.15, 0.2) is 60.7 Å². The maximum Gasteiger partial charge on any atom is 0.255 e. The molecule has 0 spiro atoms. The van der Waals surface area contributed by atoms with Crippen molar-refractivity contribution in [1.29, 1.82) is 0 Å². The first-order valence-electron chi connectivity index (χ1n) is 7.79. The minimum absolute atomic E-state index is 0.157. The molecule has 24 heavy (non-hydrogen) atoms. The summed E-state index contributed by atoms with van der Waals surface area (Å²) in [5, 5.41) is 2.91. The van der Waals surface area contributed by atoms with Gasteiger partial charge >= 0.3 is 0 Å². The molecular weight excluding hydrogens is 300 g/mol. The van der Waals surface area contributed by atoms with Gasteiger partial charge in [-0.3, -0.25) is 4.79 Å². The maximum atomic E-state index is 12.3. The second-order valence-corrected chi connectivity index (χ2v) is 5.68. The van der Waals surface area contributed by atoms with E-state index in [4.69, 9.17) is 4.74 Å². The second-order valence-electron chi connectivity index (χ2n) is 5.68. The van der Waals surface area contributed by atoms with Crippen LogP contribution in [0.4, 0.5) is 5.69 Å². The van der Waals surface area contributed by atoms with E-state index < -0.39 is 0 Å². The first-order valence-corrected chi connectivity index (χ1v) is 7.79. The van der Waals surface area contributed by atoms with Crippen LogP contribution in [0.3, 0.4) is 0 Å². The molecule has 0 bridgehead atoms. The van der Waals surface area contributed by atoms with Crippen molar-refractivity contribution >= 4 is 11.6 Å². The van der Waals surface area contributed by atoms with Crippen LogP contribution >= 0.6 is 0 Å². The van der Waals surface area contributed by atoms with Crippen LogP contribution in [0.2, 0.25) is 0 Å². The molecular formula is C20H20N2O2. The van der Waals surface area contributed by atoms with Crippen LogP contribution in [-0.4, -0.2) is 17.6 Å². The molecule has 0 aliphatic heterocycles. The van der Waals surface area contributed by atoms with Gasteiger partial charge in [-0.25, -0.2) is 0 Å². The number of ether oxygens (including phenoxy) is 1. The predicted octanol–water partition coefficient (Wildman–Crippen LogP) is 4.36. The number of amides is 1. The largest absolute Gasteiger partial charge is 0.497 e. The number of carbonyl (C=O) groups is 1. The second kappa shape index (κ2) is 6.62. The van der Waals surface area contributed by atoms with Crippen molar-refractivity contribution in [3.05, 3.63) is 77.6 Å². The SMILES string of the molecule is COc1cccc(C(=O)Nc2ccc(-n3c(C)ccc3C)cc2)c1. The smallest absolute Gasteiger partial charge is 0.255 e. The third-order valence-corrected chi connectivity index (χ3v) is 3.99. The molecule has 0 atom stereocenters. The van der Waals surface area contributed by atoms with Gasteiger partial charge in [0.1, 0.15) is 5.75 Å². The summed E-state index contributed by atoms with van der Waals surface area (Å²) in [6, 6.07) is 19.1. The molecule has 3 rings (SSSR count). The Morgan fingerprint density at radius 2 is 1.62 bits per heavy atom. The monoisotopic (exact) mass is 320 g/mol. The number of methoxy groups -OCH3 is 1. The van der Waals surface area contributed by atoms with E-state index in [0.29, 0.717) is 11.3 Å². The highest BCUT2D eigenvalue weighted by molar-refractivity contribution is 6.04. The lowest BCUT2D eigenvalue weighted by Crippen LogP contribution is -2.12. The Morgan fingerprint density at radius 3 is 2.25 bits per heavy atom. The third-order valence-electron chi connectivity index (χ3n) is 3.99. The molecule has 1 N–H and O–H groups in total. The van der Waals surface area contributed by atoms with E-state index in [0.717, 1.165) is 11.4 Å². The summed E-state index contributed by atoms with van der Waals surface area (Å²) in [6.07, 6.45) is 0. The van der Waals surface area contributed by atoms with E-state index in [9.17, 15) is 4.79 Å². The zero-order chi connectivity index (χ0) is 17.1. The summed E-state index contributed by atoms with van der Waals surface area (Å²) in [6.45, 7) is 4.15. The first-order chi connectivity index (χ1) is 11.6. The molecule has 0 saturated carbocycles. The molecule has 0 saturated heterocycles. The Labute approximate surface area is 141 Å². The molecule has 4 nitrogen and oxygen atoms in total. The van der Waals surface area contributed by atoms with Crippen molar-refractivity contribution in [3.8, 4) is 11.4 Å². The number of nitrogens with one attached hydrogen (secondary N) is 1. The minimum atomic E-state index is -0.157. The number of nitrogens with zero attached hydrogens (tertiary/aromatic N) is 1. The van der Waals surface area contributed by atoms with Gasteiger partial charge in [0, 0.05) is 28.3 Å². The number of rotatable bonds is 4. The Morgan fingerprint density at radius 1 is 0.958 bits per heavy atom. The van der Waals surface area contributed by atoms with Crippen molar-refractivity contribution < 1.29 is 9.53 Å². The minimum Gasteiger partial charge on any atom is -0.497 e. The zero-order valence-electron chi connectivity index (χ0n) is 14.0. The Kier molecular flexibility index (Phi) is 4.38. The summed E-state index contributed by atoms with van der Waals surface area (Å²) in [4.78, 5) is 12.3. The number of aromatic nitrogens is 1. The quantitative estimate of drug-likeness (QED) is 0.776. The summed E-state index contributed by atoms with van der Waals surface area (Å²) in [5.74, 6) is 0.506. The lowest BCUT2D eigenvalue weighted by atomic mass is 10.2. The zero-order valence-corrected chi connectivity index (χ0v) is 14.0.